The highest BCUT2D eigenvalue weighted by atomic mass is 19.4. The van der Waals surface area contributed by atoms with Crippen LogP contribution in [0.5, 0.6) is 0 Å². The molecule has 2 amide bonds. The number of alkyl halides is 3. The van der Waals surface area contributed by atoms with Crippen molar-refractivity contribution in [1.82, 2.24) is 5.32 Å². The van der Waals surface area contributed by atoms with Crippen molar-refractivity contribution in [3.05, 3.63) is 29.3 Å². The summed E-state index contributed by atoms with van der Waals surface area (Å²) in [6.07, 6.45) is -4.49. The first-order valence-electron chi connectivity index (χ1n) is 5.98. The number of amides is 2. The van der Waals surface area contributed by atoms with E-state index in [9.17, 15) is 22.8 Å². The number of rotatable bonds is 1. The molecule has 0 aliphatic carbocycles. The van der Waals surface area contributed by atoms with Gasteiger partial charge in [0.05, 0.1) is 5.56 Å². The van der Waals surface area contributed by atoms with Gasteiger partial charge in [-0.1, -0.05) is 6.07 Å². The number of benzene rings is 1. The lowest BCUT2D eigenvalue weighted by Crippen LogP contribution is -2.57. The Hall–Kier alpha value is -2.05. The predicted molar refractivity (Wildman–Crippen MR) is 66.1 cm³/mol. The smallest absolute Gasteiger partial charge is 0.343 e. The molecular weight excluding hydrogens is 273 g/mol. The molecule has 0 saturated carbocycles. The Balaban J connectivity index is 2.45. The van der Waals surface area contributed by atoms with Crippen LogP contribution in [-0.2, 0) is 15.8 Å². The van der Waals surface area contributed by atoms with Gasteiger partial charge in [0, 0.05) is 5.69 Å². The third-order valence-electron chi connectivity index (χ3n) is 3.14. The molecule has 4 nitrogen and oxygen atoms in total. The number of carbonyl (C=O) groups excluding carboxylic acids is 2. The third-order valence-corrected chi connectivity index (χ3v) is 3.14. The molecule has 1 aromatic rings. The number of piperazine rings is 1. The van der Waals surface area contributed by atoms with Crippen LogP contribution in [0.15, 0.2) is 18.2 Å². The van der Waals surface area contributed by atoms with Gasteiger partial charge in [-0.3, -0.25) is 9.59 Å². The van der Waals surface area contributed by atoms with E-state index in [0.717, 1.165) is 17.0 Å². The van der Waals surface area contributed by atoms with Crippen molar-refractivity contribution in [3.63, 3.8) is 0 Å². The molecule has 7 heteroatoms. The summed E-state index contributed by atoms with van der Waals surface area (Å²) in [7, 11) is 0. The summed E-state index contributed by atoms with van der Waals surface area (Å²) < 4.78 is 38.2. The SMILES string of the molecule is Cc1ccc(C(F)(F)F)cc1N1CC(=O)NC(C)C1=O. The molecule has 2 rings (SSSR count). The van der Waals surface area contributed by atoms with Gasteiger partial charge in [0.2, 0.25) is 11.8 Å². The number of aryl methyl sites for hydroxylation is 1. The molecule has 1 aliphatic heterocycles. The topological polar surface area (TPSA) is 49.4 Å². The van der Waals surface area contributed by atoms with E-state index in [-0.39, 0.29) is 12.2 Å². The van der Waals surface area contributed by atoms with Crippen LogP contribution in [0.4, 0.5) is 18.9 Å². The van der Waals surface area contributed by atoms with Crippen molar-refractivity contribution >= 4 is 17.5 Å². The Morgan fingerprint density at radius 1 is 1.30 bits per heavy atom. The summed E-state index contributed by atoms with van der Waals surface area (Å²) >= 11 is 0. The average Bonchev–Trinajstić information content (AvgIpc) is 2.33. The van der Waals surface area contributed by atoms with Crippen LogP contribution in [0, 0.1) is 6.92 Å². The highest BCUT2D eigenvalue weighted by molar-refractivity contribution is 6.06. The summed E-state index contributed by atoms with van der Waals surface area (Å²) in [4.78, 5) is 24.6. The second-order valence-corrected chi connectivity index (χ2v) is 4.71. The maximum atomic E-state index is 12.7. The minimum atomic E-state index is -4.49. The van der Waals surface area contributed by atoms with Gasteiger partial charge >= 0.3 is 6.18 Å². The Morgan fingerprint density at radius 3 is 2.55 bits per heavy atom. The minimum absolute atomic E-state index is 0.117. The normalized spacial score (nSPS) is 20.1. The van der Waals surface area contributed by atoms with Crippen LogP contribution >= 0.6 is 0 Å². The van der Waals surface area contributed by atoms with Crippen LogP contribution in [0.3, 0.4) is 0 Å². The molecule has 1 heterocycles. The zero-order valence-electron chi connectivity index (χ0n) is 10.9. The lowest BCUT2D eigenvalue weighted by Gasteiger charge is -2.32. The summed E-state index contributed by atoms with van der Waals surface area (Å²) in [5.74, 6) is -0.819. The summed E-state index contributed by atoms with van der Waals surface area (Å²) in [6, 6.07) is 2.41. The lowest BCUT2D eigenvalue weighted by molar-refractivity contribution is -0.137. The first kappa shape index (κ1) is 14.4. The molecule has 108 valence electrons. The molecule has 20 heavy (non-hydrogen) atoms. The molecule has 1 atom stereocenters. The first-order chi connectivity index (χ1) is 9.20. The Bertz CT molecular complexity index is 569. The summed E-state index contributed by atoms with van der Waals surface area (Å²) in [5.41, 5.74) is -0.218. The van der Waals surface area contributed by atoms with Crippen LogP contribution in [-0.4, -0.2) is 24.4 Å². The monoisotopic (exact) mass is 286 g/mol. The first-order valence-corrected chi connectivity index (χ1v) is 5.98. The minimum Gasteiger partial charge on any atom is -0.343 e. The molecule has 1 aromatic carbocycles. The van der Waals surface area contributed by atoms with E-state index in [1.807, 2.05) is 0 Å². The molecule has 1 aliphatic rings. The van der Waals surface area contributed by atoms with Crippen molar-refractivity contribution in [2.75, 3.05) is 11.4 Å². The Labute approximate surface area is 113 Å². The van der Waals surface area contributed by atoms with Crippen LogP contribution < -0.4 is 10.2 Å². The van der Waals surface area contributed by atoms with Crippen molar-refractivity contribution in [1.29, 1.82) is 0 Å². The molecule has 0 radical (unpaired) electrons. The molecule has 1 saturated heterocycles. The molecule has 1 fully saturated rings. The number of hydrogen-bond donors (Lipinski definition) is 1. The van der Waals surface area contributed by atoms with Gasteiger partial charge in [-0.2, -0.15) is 13.2 Å². The predicted octanol–water partition coefficient (Wildman–Crippen LogP) is 1.87. The number of halogens is 3. The Kier molecular flexibility index (Phi) is 3.45. The largest absolute Gasteiger partial charge is 0.416 e. The zero-order chi connectivity index (χ0) is 15.1. The summed E-state index contributed by atoms with van der Waals surface area (Å²) in [6.45, 7) is 2.82. The second-order valence-electron chi connectivity index (χ2n) is 4.71. The Morgan fingerprint density at radius 2 is 1.95 bits per heavy atom. The van der Waals surface area contributed by atoms with Crippen molar-refractivity contribution in [3.8, 4) is 0 Å². The van der Waals surface area contributed by atoms with E-state index in [2.05, 4.69) is 5.32 Å². The number of hydrogen-bond acceptors (Lipinski definition) is 2. The van der Waals surface area contributed by atoms with Gasteiger partial charge < -0.3 is 10.2 Å². The van der Waals surface area contributed by atoms with Crippen molar-refractivity contribution < 1.29 is 22.8 Å². The third kappa shape index (κ3) is 2.61. The lowest BCUT2D eigenvalue weighted by atomic mass is 10.1. The van der Waals surface area contributed by atoms with Gasteiger partial charge in [-0.05, 0) is 31.5 Å². The summed E-state index contributed by atoms with van der Waals surface area (Å²) in [5, 5.41) is 2.44. The van der Waals surface area contributed by atoms with Crippen molar-refractivity contribution in [2.24, 2.45) is 0 Å². The van der Waals surface area contributed by atoms with Crippen LogP contribution in [0.2, 0.25) is 0 Å². The maximum absolute atomic E-state index is 12.7. The van der Waals surface area contributed by atoms with Gasteiger partial charge in [0.25, 0.3) is 0 Å². The molecule has 0 spiro atoms. The molecule has 0 bridgehead atoms. The zero-order valence-corrected chi connectivity index (χ0v) is 10.9. The quantitative estimate of drug-likeness (QED) is 0.856. The number of carbonyl (C=O) groups is 2. The molecular formula is C13H13F3N2O2. The fraction of sp³-hybridized carbons (Fsp3) is 0.385. The van der Waals surface area contributed by atoms with E-state index in [1.165, 1.54) is 13.0 Å². The standard InChI is InChI=1S/C13H13F3N2O2/c1-7-3-4-9(13(14,15)16)5-10(7)18-6-11(19)17-8(2)12(18)20/h3-5,8H,6H2,1-2H3,(H,17,19). The number of anilines is 1. The fourth-order valence-corrected chi connectivity index (χ4v) is 2.08. The van der Waals surface area contributed by atoms with Crippen LogP contribution in [0.25, 0.3) is 0 Å². The highest BCUT2D eigenvalue weighted by Gasteiger charge is 2.34. The van der Waals surface area contributed by atoms with E-state index in [1.54, 1.807) is 6.92 Å². The highest BCUT2D eigenvalue weighted by Crippen LogP contribution is 2.33. The van der Waals surface area contributed by atoms with Gasteiger partial charge in [0.1, 0.15) is 12.6 Å². The maximum Gasteiger partial charge on any atom is 0.416 e. The molecule has 1 unspecified atom stereocenters. The van der Waals surface area contributed by atoms with Crippen LogP contribution in [0.1, 0.15) is 18.1 Å². The van der Waals surface area contributed by atoms with E-state index in [4.69, 9.17) is 0 Å². The van der Waals surface area contributed by atoms with Gasteiger partial charge in [-0.15, -0.1) is 0 Å². The number of nitrogens with one attached hydrogen (secondary N) is 1. The van der Waals surface area contributed by atoms with E-state index < -0.39 is 29.6 Å². The fourth-order valence-electron chi connectivity index (χ4n) is 2.08. The molecule has 1 N–H and O–H groups in total. The average molecular weight is 286 g/mol. The molecule has 0 aromatic heterocycles. The van der Waals surface area contributed by atoms with E-state index in [0.29, 0.717) is 5.56 Å². The second kappa shape index (κ2) is 4.81. The van der Waals surface area contributed by atoms with E-state index >= 15 is 0 Å². The van der Waals surface area contributed by atoms with Gasteiger partial charge in [-0.25, -0.2) is 0 Å². The number of nitrogens with zero attached hydrogens (tertiary/aromatic N) is 1. The van der Waals surface area contributed by atoms with Crippen molar-refractivity contribution in [2.45, 2.75) is 26.1 Å². The van der Waals surface area contributed by atoms with Gasteiger partial charge in [0.15, 0.2) is 0 Å².